The molecule has 1 N–H and O–H groups in total. The van der Waals surface area contributed by atoms with Gasteiger partial charge in [0.05, 0.1) is 29.6 Å². The summed E-state index contributed by atoms with van der Waals surface area (Å²) in [5, 5.41) is 21.3. The minimum Gasteiger partial charge on any atom is -0.504 e. The van der Waals surface area contributed by atoms with E-state index in [9.17, 15) is 34.4 Å². The predicted molar refractivity (Wildman–Crippen MR) is 151 cm³/mol. The van der Waals surface area contributed by atoms with Gasteiger partial charge in [0.25, 0.3) is 5.69 Å². The van der Waals surface area contributed by atoms with Crippen LogP contribution in [0.2, 0.25) is 0 Å². The Morgan fingerprint density at radius 2 is 1.86 bits per heavy atom. The number of anilines is 1. The number of carbonyl (C=O) groups is 4. The monoisotopic (exact) mass is 566 g/mol. The van der Waals surface area contributed by atoms with Crippen LogP contribution in [0.4, 0.5) is 11.4 Å². The molecule has 0 aromatic heterocycles. The second-order valence-corrected chi connectivity index (χ2v) is 10.9. The van der Waals surface area contributed by atoms with Gasteiger partial charge in [-0.25, -0.2) is 4.90 Å². The molecule has 10 heteroatoms. The lowest BCUT2D eigenvalue weighted by Gasteiger charge is -2.41. The summed E-state index contributed by atoms with van der Waals surface area (Å²) in [4.78, 5) is 65.9. The minimum atomic E-state index is -0.787. The molecule has 42 heavy (non-hydrogen) atoms. The van der Waals surface area contributed by atoms with Gasteiger partial charge in [-0.05, 0) is 55.5 Å². The number of allylic oxidation sites excluding steroid dienone is 7. The number of hydrogen-bond acceptors (Lipinski definition) is 8. The van der Waals surface area contributed by atoms with Gasteiger partial charge < -0.3 is 9.84 Å². The number of amides is 2. The molecule has 4 unspecified atom stereocenters. The van der Waals surface area contributed by atoms with Crippen molar-refractivity contribution in [3.63, 3.8) is 0 Å². The highest BCUT2D eigenvalue weighted by Crippen LogP contribution is 2.53. The number of imide groups is 1. The molecule has 10 nitrogen and oxygen atoms in total. The predicted octanol–water partition coefficient (Wildman–Crippen LogP) is 4.49. The largest absolute Gasteiger partial charge is 0.504 e. The van der Waals surface area contributed by atoms with Gasteiger partial charge in [0.2, 0.25) is 11.8 Å². The fourth-order valence-electron chi connectivity index (χ4n) is 6.64. The maximum absolute atomic E-state index is 13.9. The molecule has 0 radical (unpaired) electrons. The number of ketones is 2. The normalized spacial score (nSPS) is 25.2. The van der Waals surface area contributed by atoms with E-state index in [1.807, 2.05) is 12.2 Å². The Bertz CT molecular complexity index is 1730. The summed E-state index contributed by atoms with van der Waals surface area (Å²) in [6, 6.07) is 10.2. The van der Waals surface area contributed by atoms with Gasteiger partial charge in [0, 0.05) is 34.8 Å². The molecule has 1 aliphatic heterocycles. The zero-order valence-corrected chi connectivity index (χ0v) is 22.8. The minimum absolute atomic E-state index is 0.0232. The molecule has 4 atom stereocenters. The lowest BCUT2D eigenvalue weighted by atomic mass is 9.60. The Morgan fingerprint density at radius 1 is 1.07 bits per heavy atom. The van der Waals surface area contributed by atoms with Crippen molar-refractivity contribution in [2.24, 2.45) is 23.7 Å². The first-order valence-electron chi connectivity index (χ1n) is 13.5. The average molecular weight is 567 g/mol. The zero-order valence-electron chi connectivity index (χ0n) is 22.8. The van der Waals surface area contributed by atoms with Crippen molar-refractivity contribution < 1.29 is 33.9 Å². The van der Waals surface area contributed by atoms with E-state index in [2.05, 4.69) is 0 Å². The quantitative estimate of drug-likeness (QED) is 0.183. The summed E-state index contributed by atoms with van der Waals surface area (Å²) < 4.78 is 5.21. The fourth-order valence-corrected chi connectivity index (χ4v) is 6.64. The first kappa shape index (κ1) is 27.1. The molecule has 2 aromatic carbocycles. The number of Topliss-reactive ketones (excluding diaryl/α,β-unsaturated/α-hetero) is 1. The van der Waals surface area contributed by atoms with Crippen LogP contribution in [0.25, 0.3) is 6.08 Å². The van der Waals surface area contributed by atoms with Crippen molar-refractivity contribution in [2.75, 3.05) is 12.0 Å². The maximum Gasteiger partial charge on any atom is 0.271 e. The van der Waals surface area contributed by atoms with Crippen molar-refractivity contribution in [2.45, 2.75) is 19.8 Å². The zero-order chi connectivity index (χ0) is 29.9. The summed E-state index contributed by atoms with van der Waals surface area (Å²) in [6.45, 7) is 1.60. The number of rotatable bonds is 5. The van der Waals surface area contributed by atoms with Gasteiger partial charge >= 0.3 is 0 Å². The smallest absolute Gasteiger partial charge is 0.271 e. The number of nitro groups is 1. The Labute approximate surface area is 240 Å². The first-order valence-corrected chi connectivity index (χ1v) is 13.5. The van der Waals surface area contributed by atoms with E-state index in [1.54, 1.807) is 25.1 Å². The van der Waals surface area contributed by atoms with Gasteiger partial charge in [-0.2, -0.15) is 0 Å². The van der Waals surface area contributed by atoms with E-state index in [1.165, 1.54) is 43.5 Å². The molecular formula is C32H26N2O8. The molecule has 4 aliphatic rings. The van der Waals surface area contributed by atoms with E-state index in [0.717, 1.165) is 10.5 Å². The highest BCUT2D eigenvalue weighted by atomic mass is 16.6. The Balaban J connectivity index is 1.42. The summed E-state index contributed by atoms with van der Waals surface area (Å²) in [7, 11) is 1.44. The van der Waals surface area contributed by atoms with Crippen LogP contribution in [0.5, 0.6) is 11.5 Å². The second kappa shape index (κ2) is 10.1. The number of phenolic OH excluding ortho intramolecular Hbond substituents is 1. The molecule has 212 valence electrons. The van der Waals surface area contributed by atoms with Crippen LogP contribution in [0, 0.1) is 33.8 Å². The number of aromatic hydroxyl groups is 1. The lowest BCUT2D eigenvalue weighted by Crippen LogP contribution is -2.40. The standard InChI is InChI=1S/C32H26N2O8/c1-16-12-26(36)24-15-23-20(21(28(24)30(16)37)8-6-17-7-11-25(35)27(13-17)42-2)9-10-22-29(23)32(39)33(31(22)38)18-4-3-5-19(14-18)34(40)41/h3-9,11-14,21-23,29,35H,10,15H2,1-2H3. The number of ether oxygens (including phenoxy) is 1. The van der Waals surface area contributed by atoms with Crippen LogP contribution in [0.3, 0.4) is 0 Å². The van der Waals surface area contributed by atoms with Crippen molar-refractivity contribution in [1.82, 2.24) is 0 Å². The third kappa shape index (κ3) is 4.18. The van der Waals surface area contributed by atoms with Crippen molar-refractivity contribution in [3.8, 4) is 11.5 Å². The van der Waals surface area contributed by atoms with Crippen LogP contribution in [-0.2, 0) is 19.2 Å². The third-order valence-corrected chi connectivity index (χ3v) is 8.60. The molecule has 0 bridgehead atoms. The molecular weight excluding hydrogens is 540 g/mol. The fraction of sp³-hybridized carbons (Fsp3) is 0.250. The molecule has 1 saturated heterocycles. The summed E-state index contributed by atoms with van der Waals surface area (Å²) in [5.74, 6) is -3.80. The molecule has 6 rings (SSSR count). The van der Waals surface area contributed by atoms with Gasteiger partial charge in [-0.1, -0.05) is 35.9 Å². The number of benzene rings is 2. The SMILES string of the molecule is COc1cc(C=CC2C3=CCC4C(=O)N(c5cccc([N+](=O)[O-])c5)C(=O)C4C3CC3=C2C(=O)C(C)=CC3=O)ccc1O. The average Bonchev–Trinajstić information content (AvgIpc) is 3.24. The van der Waals surface area contributed by atoms with Crippen molar-refractivity contribution in [3.05, 3.63) is 98.7 Å². The van der Waals surface area contributed by atoms with Gasteiger partial charge in [-0.15, -0.1) is 0 Å². The van der Waals surface area contributed by atoms with E-state index in [0.29, 0.717) is 22.3 Å². The number of carbonyl (C=O) groups excluding carboxylic acids is 4. The maximum atomic E-state index is 13.9. The highest BCUT2D eigenvalue weighted by molar-refractivity contribution is 6.24. The van der Waals surface area contributed by atoms with Crippen molar-refractivity contribution in [1.29, 1.82) is 0 Å². The highest BCUT2D eigenvalue weighted by Gasteiger charge is 2.56. The van der Waals surface area contributed by atoms with Crippen molar-refractivity contribution >= 4 is 40.8 Å². The third-order valence-electron chi connectivity index (χ3n) is 8.60. The molecule has 0 spiro atoms. The van der Waals surface area contributed by atoms with Gasteiger partial charge in [0.15, 0.2) is 23.1 Å². The van der Waals surface area contributed by atoms with E-state index >= 15 is 0 Å². The topological polar surface area (TPSA) is 144 Å². The first-order chi connectivity index (χ1) is 20.1. The van der Waals surface area contributed by atoms with Crippen LogP contribution in [-0.4, -0.2) is 40.5 Å². The number of non-ortho nitro benzene ring substituents is 1. The van der Waals surface area contributed by atoms with Crippen LogP contribution in [0.15, 0.2) is 83.0 Å². The Kier molecular flexibility index (Phi) is 6.48. The second-order valence-electron chi connectivity index (χ2n) is 10.9. The summed E-state index contributed by atoms with van der Waals surface area (Å²) >= 11 is 0. The Morgan fingerprint density at radius 3 is 2.60 bits per heavy atom. The van der Waals surface area contributed by atoms with Crippen LogP contribution in [0.1, 0.15) is 25.3 Å². The summed E-state index contributed by atoms with van der Waals surface area (Å²) in [5.41, 5.74) is 2.41. The van der Waals surface area contributed by atoms with E-state index in [4.69, 9.17) is 4.74 Å². The van der Waals surface area contributed by atoms with Crippen LogP contribution >= 0.6 is 0 Å². The number of nitrogens with zero attached hydrogens (tertiary/aromatic N) is 2. The lowest BCUT2D eigenvalue weighted by molar-refractivity contribution is -0.384. The number of nitro benzene ring substituents is 1. The molecule has 0 saturated carbocycles. The van der Waals surface area contributed by atoms with E-state index < -0.39 is 40.4 Å². The van der Waals surface area contributed by atoms with Gasteiger partial charge in [-0.3, -0.25) is 29.3 Å². The molecule has 1 heterocycles. The van der Waals surface area contributed by atoms with E-state index in [-0.39, 0.29) is 47.3 Å². The summed E-state index contributed by atoms with van der Waals surface area (Å²) in [6.07, 6.45) is 7.19. The molecule has 1 fully saturated rings. The number of hydrogen-bond donors (Lipinski definition) is 1. The van der Waals surface area contributed by atoms with Crippen LogP contribution < -0.4 is 9.64 Å². The van der Waals surface area contributed by atoms with Gasteiger partial charge in [0.1, 0.15) is 0 Å². The Hall–Kier alpha value is -5.12. The number of phenols is 1. The number of methoxy groups -OCH3 is 1. The molecule has 3 aliphatic carbocycles. The molecule has 2 amide bonds. The number of fused-ring (bicyclic) bond motifs is 3. The molecule has 2 aromatic rings.